The van der Waals surface area contributed by atoms with Crippen LogP contribution in [0.3, 0.4) is 0 Å². The van der Waals surface area contributed by atoms with Crippen molar-refractivity contribution >= 4 is 29.1 Å². The molecule has 2 heterocycles. The molecular weight excluding hydrogens is 434 g/mol. The van der Waals surface area contributed by atoms with E-state index in [1.165, 1.54) is 18.7 Å². The molecule has 0 saturated heterocycles. The summed E-state index contributed by atoms with van der Waals surface area (Å²) in [6.07, 6.45) is 3.47. The lowest BCUT2D eigenvalue weighted by Crippen LogP contribution is -2.23. The summed E-state index contributed by atoms with van der Waals surface area (Å²) in [6, 6.07) is 20.7. The first kappa shape index (κ1) is 22.4. The van der Waals surface area contributed by atoms with Crippen LogP contribution in [-0.2, 0) is 11.3 Å². The number of carbonyl (C=O) groups is 2. The van der Waals surface area contributed by atoms with Crippen molar-refractivity contribution in [3.05, 3.63) is 90.3 Å². The summed E-state index contributed by atoms with van der Waals surface area (Å²) in [5.41, 5.74) is 3.20. The van der Waals surface area contributed by atoms with Gasteiger partial charge in [-0.05, 0) is 55.8 Å². The number of nitrogens with one attached hydrogen (secondary N) is 1. The molecule has 0 aliphatic heterocycles. The molecule has 1 amide bonds. The third-order valence-corrected chi connectivity index (χ3v) is 6.11. The monoisotopic (exact) mass is 457 g/mol. The minimum Gasteiger partial charge on any atom is -0.325 e. The summed E-state index contributed by atoms with van der Waals surface area (Å²) in [5.74, 6) is 0.522. The van der Waals surface area contributed by atoms with E-state index in [2.05, 4.69) is 20.5 Å². The molecule has 0 aliphatic carbocycles. The van der Waals surface area contributed by atoms with E-state index in [9.17, 15) is 9.59 Å². The van der Waals surface area contributed by atoms with Gasteiger partial charge in [0.15, 0.2) is 16.8 Å². The van der Waals surface area contributed by atoms with Crippen molar-refractivity contribution in [3.63, 3.8) is 0 Å². The number of thioether (sulfide) groups is 1. The van der Waals surface area contributed by atoms with E-state index in [0.29, 0.717) is 28.8 Å². The molecule has 0 radical (unpaired) electrons. The number of ketones is 1. The molecule has 1 unspecified atom stereocenters. The molecule has 33 heavy (non-hydrogen) atoms. The number of Topliss-reactive ketones (excluding diaryl/α,β-unsaturated/α-hetero) is 1. The van der Waals surface area contributed by atoms with Crippen molar-refractivity contribution < 1.29 is 9.59 Å². The molecule has 2 aromatic heterocycles. The van der Waals surface area contributed by atoms with Gasteiger partial charge in [0.05, 0.1) is 11.8 Å². The number of amides is 1. The highest BCUT2D eigenvalue weighted by Gasteiger charge is 2.21. The maximum Gasteiger partial charge on any atom is 0.237 e. The van der Waals surface area contributed by atoms with Crippen LogP contribution in [-0.4, -0.2) is 36.7 Å². The maximum atomic E-state index is 12.8. The fraction of sp³-hybridized carbons (Fsp3) is 0.160. The Balaban J connectivity index is 1.54. The SMILES string of the molecule is CC(=O)c1ccc(NC(=O)C(C)Sc2nnc(-c3cccnc3)n2Cc2ccccc2)cc1. The molecule has 166 valence electrons. The van der Waals surface area contributed by atoms with Crippen molar-refractivity contribution in [2.24, 2.45) is 0 Å². The maximum absolute atomic E-state index is 12.8. The van der Waals surface area contributed by atoms with Gasteiger partial charge in [-0.1, -0.05) is 42.1 Å². The first-order chi connectivity index (χ1) is 16.0. The predicted octanol–water partition coefficient (Wildman–Crippen LogP) is 4.71. The molecular formula is C25H23N5O2S. The van der Waals surface area contributed by atoms with Crippen LogP contribution in [0.15, 0.2) is 84.3 Å². The molecule has 4 rings (SSSR count). The van der Waals surface area contributed by atoms with Crippen molar-refractivity contribution in [1.29, 1.82) is 0 Å². The third-order valence-electron chi connectivity index (χ3n) is 5.03. The van der Waals surface area contributed by atoms with Gasteiger partial charge in [-0.3, -0.25) is 19.1 Å². The second-order valence-electron chi connectivity index (χ2n) is 7.50. The van der Waals surface area contributed by atoms with Gasteiger partial charge in [-0.2, -0.15) is 0 Å². The van der Waals surface area contributed by atoms with E-state index in [-0.39, 0.29) is 11.7 Å². The zero-order valence-corrected chi connectivity index (χ0v) is 19.1. The Kier molecular flexibility index (Phi) is 6.95. The van der Waals surface area contributed by atoms with Crippen LogP contribution < -0.4 is 5.32 Å². The second-order valence-corrected chi connectivity index (χ2v) is 8.81. The van der Waals surface area contributed by atoms with Gasteiger partial charge in [0.25, 0.3) is 0 Å². The lowest BCUT2D eigenvalue weighted by Gasteiger charge is -2.14. The number of hydrogen-bond acceptors (Lipinski definition) is 6. The van der Waals surface area contributed by atoms with Gasteiger partial charge >= 0.3 is 0 Å². The van der Waals surface area contributed by atoms with Gasteiger partial charge in [-0.15, -0.1) is 10.2 Å². The average Bonchev–Trinajstić information content (AvgIpc) is 3.22. The van der Waals surface area contributed by atoms with Crippen LogP contribution in [0.1, 0.15) is 29.8 Å². The summed E-state index contributed by atoms with van der Waals surface area (Å²) in [6.45, 7) is 3.91. The number of pyridine rings is 1. The van der Waals surface area contributed by atoms with Crippen LogP contribution in [0.4, 0.5) is 5.69 Å². The predicted molar refractivity (Wildman–Crippen MR) is 129 cm³/mol. The van der Waals surface area contributed by atoms with E-state index in [4.69, 9.17) is 0 Å². The number of hydrogen-bond donors (Lipinski definition) is 1. The lowest BCUT2D eigenvalue weighted by molar-refractivity contribution is -0.115. The van der Waals surface area contributed by atoms with E-state index < -0.39 is 5.25 Å². The zero-order valence-electron chi connectivity index (χ0n) is 18.3. The number of rotatable bonds is 8. The van der Waals surface area contributed by atoms with Crippen LogP contribution in [0.2, 0.25) is 0 Å². The lowest BCUT2D eigenvalue weighted by atomic mass is 10.1. The first-order valence-electron chi connectivity index (χ1n) is 10.5. The Labute approximate surface area is 196 Å². The number of aromatic nitrogens is 4. The van der Waals surface area contributed by atoms with E-state index >= 15 is 0 Å². The van der Waals surface area contributed by atoms with Crippen LogP contribution in [0.5, 0.6) is 0 Å². The van der Waals surface area contributed by atoms with Crippen molar-refractivity contribution in [1.82, 2.24) is 19.7 Å². The number of anilines is 1. The molecule has 1 atom stereocenters. The number of carbonyl (C=O) groups excluding carboxylic acids is 2. The standard InChI is InChI=1S/C25H23N5O2S/c1-17(31)20-10-12-22(13-11-20)27-24(32)18(2)33-25-29-28-23(21-9-6-14-26-15-21)30(25)16-19-7-4-3-5-8-19/h3-15,18H,16H2,1-2H3,(H,27,32). The summed E-state index contributed by atoms with van der Waals surface area (Å²) in [5, 5.41) is 11.9. The molecule has 0 bridgehead atoms. The molecule has 0 spiro atoms. The van der Waals surface area contributed by atoms with E-state index in [1.807, 2.05) is 54.0 Å². The highest BCUT2D eigenvalue weighted by Crippen LogP contribution is 2.28. The molecule has 0 aliphatic rings. The summed E-state index contributed by atoms with van der Waals surface area (Å²) in [7, 11) is 0. The van der Waals surface area contributed by atoms with Gasteiger partial charge in [0.2, 0.25) is 5.91 Å². The van der Waals surface area contributed by atoms with Crippen LogP contribution in [0, 0.1) is 0 Å². The Morgan fingerprint density at radius 1 is 1.00 bits per heavy atom. The summed E-state index contributed by atoms with van der Waals surface area (Å²) in [4.78, 5) is 28.5. The van der Waals surface area contributed by atoms with E-state index in [0.717, 1.165) is 11.1 Å². The molecule has 4 aromatic rings. The Morgan fingerprint density at radius 2 is 1.76 bits per heavy atom. The Bertz CT molecular complexity index is 1240. The fourth-order valence-corrected chi connectivity index (χ4v) is 4.09. The number of nitrogens with zero attached hydrogens (tertiary/aromatic N) is 4. The highest BCUT2D eigenvalue weighted by atomic mass is 32.2. The molecule has 2 aromatic carbocycles. The summed E-state index contributed by atoms with van der Waals surface area (Å²) >= 11 is 1.34. The van der Waals surface area contributed by atoms with Crippen molar-refractivity contribution in [2.75, 3.05) is 5.32 Å². The largest absolute Gasteiger partial charge is 0.325 e. The van der Waals surface area contributed by atoms with Crippen molar-refractivity contribution in [2.45, 2.75) is 30.8 Å². The van der Waals surface area contributed by atoms with Crippen LogP contribution >= 0.6 is 11.8 Å². The topological polar surface area (TPSA) is 89.8 Å². The van der Waals surface area contributed by atoms with Gasteiger partial charge in [0, 0.05) is 29.2 Å². The zero-order chi connectivity index (χ0) is 23.2. The van der Waals surface area contributed by atoms with E-state index in [1.54, 1.807) is 36.7 Å². The second kappa shape index (κ2) is 10.2. The summed E-state index contributed by atoms with van der Waals surface area (Å²) < 4.78 is 2.00. The average molecular weight is 458 g/mol. The van der Waals surface area contributed by atoms with Gasteiger partial charge < -0.3 is 5.32 Å². The minimum atomic E-state index is -0.419. The normalized spacial score (nSPS) is 11.7. The smallest absolute Gasteiger partial charge is 0.237 e. The quantitative estimate of drug-likeness (QED) is 0.304. The van der Waals surface area contributed by atoms with Gasteiger partial charge in [0.1, 0.15) is 0 Å². The fourth-order valence-electron chi connectivity index (χ4n) is 3.24. The molecule has 0 fully saturated rings. The first-order valence-corrected chi connectivity index (χ1v) is 11.4. The van der Waals surface area contributed by atoms with Crippen molar-refractivity contribution in [3.8, 4) is 11.4 Å². The molecule has 8 heteroatoms. The van der Waals surface area contributed by atoms with Crippen LogP contribution in [0.25, 0.3) is 11.4 Å². The highest BCUT2D eigenvalue weighted by molar-refractivity contribution is 8.00. The Morgan fingerprint density at radius 3 is 2.42 bits per heavy atom. The third kappa shape index (κ3) is 5.53. The molecule has 1 N–H and O–H groups in total. The Hall–Kier alpha value is -3.78. The minimum absolute atomic E-state index is 0.0148. The molecule has 0 saturated carbocycles. The number of benzene rings is 2. The van der Waals surface area contributed by atoms with Gasteiger partial charge in [-0.25, -0.2) is 0 Å². The molecule has 7 nitrogen and oxygen atoms in total.